The lowest BCUT2D eigenvalue weighted by atomic mass is 9.82. The summed E-state index contributed by atoms with van der Waals surface area (Å²) in [7, 11) is 0. The Morgan fingerprint density at radius 2 is 1.80 bits per heavy atom. The Kier molecular flexibility index (Phi) is 5.07. The van der Waals surface area contributed by atoms with Crippen molar-refractivity contribution < 1.29 is 0 Å². The fraction of sp³-hybridized carbons (Fsp3) is 1.00. The van der Waals surface area contributed by atoms with Crippen molar-refractivity contribution in [2.24, 2.45) is 5.73 Å². The van der Waals surface area contributed by atoms with Gasteiger partial charge in [0.1, 0.15) is 0 Å². The minimum absolute atomic E-state index is 0.109. The minimum atomic E-state index is 0.109. The van der Waals surface area contributed by atoms with Crippen LogP contribution in [0.25, 0.3) is 0 Å². The maximum Gasteiger partial charge on any atom is 0.0283 e. The molecule has 1 aliphatic carbocycles. The van der Waals surface area contributed by atoms with Crippen molar-refractivity contribution in [2.75, 3.05) is 13.1 Å². The molecule has 0 aromatic rings. The molecular formula is C13H28N2. The largest absolute Gasteiger partial charge is 0.324 e. The van der Waals surface area contributed by atoms with Gasteiger partial charge in [0, 0.05) is 18.1 Å². The molecule has 2 N–H and O–H groups in total. The van der Waals surface area contributed by atoms with E-state index in [1.165, 1.54) is 45.1 Å². The van der Waals surface area contributed by atoms with E-state index in [4.69, 9.17) is 5.73 Å². The van der Waals surface area contributed by atoms with E-state index >= 15 is 0 Å². The molecule has 0 saturated heterocycles. The molecular weight excluding hydrogens is 184 g/mol. The molecule has 0 radical (unpaired) electrons. The second-order valence-electron chi connectivity index (χ2n) is 5.49. The highest BCUT2D eigenvalue weighted by Crippen LogP contribution is 2.27. The highest BCUT2D eigenvalue weighted by atomic mass is 15.2. The zero-order valence-corrected chi connectivity index (χ0v) is 10.8. The third-order valence-electron chi connectivity index (χ3n) is 3.61. The van der Waals surface area contributed by atoms with Crippen molar-refractivity contribution in [3.05, 3.63) is 0 Å². The molecule has 1 rings (SSSR count). The lowest BCUT2D eigenvalue weighted by Crippen LogP contribution is -2.53. The predicted molar refractivity (Wildman–Crippen MR) is 67.0 cm³/mol. The summed E-state index contributed by atoms with van der Waals surface area (Å²) in [4.78, 5) is 2.55. The second kappa shape index (κ2) is 5.86. The quantitative estimate of drug-likeness (QED) is 0.759. The molecule has 90 valence electrons. The van der Waals surface area contributed by atoms with Gasteiger partial charge in [-0.05, 0) is 39.7 Å². The normalized spacial score (nSPS) is 21.2. The summed E-state index contributed by atoms with van der Waals surface area (Å²) >= 11 is 0. The van der Waals surface area contributed by atoms with Gasteiger partial charge < -0.3 is 5.73 Å². The van der Waals surface area contributed by atoms with Gasteiger partial charge in [0.2, 0.25) is 0 Å². The third kappa shape index (κ3) is 4.12. The van der Waals surface area contributed by atoms with Crippen LogP contribution in [0.2, 0.25) is 0 Å². The van der Waals surface area contributed by atoms with Gasteiger partial charge in [-0.25, -0.2) is 0 Å². The summed E-state index contributed by atoms with van der Waals surface area (Å²) in [6.07, 6.45) is 7.71. The fourth-order valence-corrected chi connectivity index (χ4v) is 2.63. The second-order valence-corrected chi connectivity index (χ2v) is 5.49. The Balaban J connectivity index is 2.47. The molecule has 1 aliphatic rings. The van der Waals surface area contributed by atoms with Crippen molar-refractivity contribution in [1.29, 1.82) is 0 Å². The third-order valence-corrected chi connectivity index (χ3v) is 3.61. The van der Waals surface area contributed by atoms with Crippen LogP contribution in [0.3, 0.4) is 0 Å². The van der Waals surface area contributed by atoms with Gasteiger partial charge in [-0.3, -0.25) is 4.90 Å². The highest BCUT2D eigenvalue weighted by molar-refractivity contribution is 4.90. The molecule has 0 aromatic heterocycles. The maximum absolute atomic E-state index is 6.49. The van der Waals surface area contributed by atoms with Gasteiger partial charge in [0.05, 0.1) is 0 Å². The first-order valence-electron chi connectivity index (χ1n) is 6.60. The number of hydrogen-bond acceptors (Lipinski definition) is 2. The summed E-state index contributed by atoms with van der Waals surface area (Å²) in [6.45, 7) is 9.10. The topological polar surface area (TPSA) is 29.3 Å². The van der Waals surface area contributed by atoms with E-state index < -0.39 is 0 Å². The molecule has 1 fully saturated rings. The lowest BCUT2D eigenvalue weighted by Gasteiger charge is -2.39. The van der Waals surface area contributed by atoms with Crippen molar-refractivity contribution in [1.82, 2.24) is 4.90 Å². The highest BCUT2D eigenvalue weighted by Gasteiger charge is 2.29. The molecule has 2 nitrogen and oxygen atoms in total. The van der Waals surface area contributed by atoms with E-state index in [9.17, 15) is 0 Å². The molecule has 0 spiro atoms. The molecule has 0 heterocycles. The maximum atomic E-state index is 6.49. The Labute approximate surface area is 95.2 Å². The van der Waals surface area contributed by atoms with Gasteiger partial charge in [0.15, 0.2) is 0 Å². The van der Waals surface area contributed by atoms with Gasteiger partial charge in [-0.2, -0.15) is 0 Å². The fourth-order valence-electron chi connectivity index (χ4n) is 2.63. The summed E-state index contributed by atoms with van der Waals surface area (Å²) < 4.78 is 0. The SMILES string of the molecule is CCCN(CC1(N)CCCCC1)C(C)C. The smallest absolute Gasteiger partial charge is 0.0283 e. The molecule has 0 aromatic carbocycles. The summed E-state index contributed by atoms with van der Waals surface area (Å²) in [5, 5.41) is 0. The van der Waals surface area contributed by atoms with Crippen molar-refractivity contribution in [3.8, 4) is 0 Å². The molecule has 2 heteroatoms. The molecule has 0 aliphatic heterocycles. The average Bonchev–Trinajstić information content (AvgIpc) is 2.18. The molecule has 1 saturated carbocycles. The molecule has 15 heavy (non-hydrogen) atoms. The summed E-state index contributed by atoms with van der Waals surface area (Å²) in [6, 6.07) is 0.632. The van der Waals surface area contributed by atoms with Gasteiger partial charge >= 0.3 is 0 Å². The first kappa shape index (κ1) is 13.0. The van der Waals surface area contributed by atoms with Crippen LogP contribution in [0.15, 0.2) is 0 Å². The monoisotopic (exact) mass is 212 g/mol. The van der Waals surface area contributed by atoms with E-state index in [0.717, 1.165) is 6.54 Å². The van der Waals surface area contributed by atoms with Gasteiger partial charge in [0.25, 0.3) is 0 Å². The predicted octanol–water partition coefficient (Wildman–Crippen LogP) is 2.77. The van der Waals surface area contributed by atoms with E-state index in [-0.39, 0.29) is 5.54 Å². The number of nitrogens with two attached hydrogens (primary N) is 1. The number of hydrogen-bond donors (Lipinski definition) is 1. The van der Waals surface area contributed by atoms with E-state index in [2.05, 4.69) is 25.7 Å². The van der Waals surface area contributed by atoms with E-state index in [0.29, 0.717) is 6.04 Å². The van der Waals surface area contributed by atoms with Crippen LogP contribution in [-0.4, -0.2) is 29.6 Å². The Morgan fingerprint density at radius 1 is 1.20 bits per heavy atom. The Hall–Kier alpha value is -0.0800. The van der Waals surface area contributed by atoms with Crippen molar-refractivity contribution >= 4 is 0 Å². The average molecular weight is 212 g/mol. The van der Waals surface area contributed by atoms with Gasteiger partial charge in [-0.1, -0.05) is 26.2 Å². The van der Waals surface area contributed by atoms with Crippen molar-refractivity contribution in [3.63, 3.8) is 0 Å². The number of rotatable bonds is 5. The summed E-state index contributed by atoms with van der Waals surface area (Å²) in [5.41, 5.74) is 6.60. The van der Waals surface area contributed by atoms with Crippen LogP contribution >= 0.6 is 0 Å². The lowest BCUT2D eigenvalue weighted by molar-refractivity contribution is 0.143. The Bertz CT molecular complexity index is 171. The molecule has 0 bridgehead atoms. The van der Waals surface area contributed by atoms with Crippen LogP contribution in [0.5, 0.6) is 0 Å². The first-order chi connectivity index (χ1) is 7.07. The van der Waals surface area contributed by atoms with Gasteiger partial charge in [-0.15, -0.1) is 0 Å². The minimum Gasteiger partial charge on any atom is -0.324 e. The van der Waals surface area contributed by atoms with E-state index in [1.54, 1.807) is 0 Å². The van der Waals surface area contributed by atoms with Crippen LogP contribution in [0.4, 0.5) is 0 Å². The molecule has 0 unspecified atom stereocenters. The zero-order chi connectivity index (χ0) is 11.3. The zero-order valence-electron chi connectivity index (χ0n) is 10.8. The van der Waals surface area contributed by atoms with Crippen molar-refractivity contribution in [2.45, 2.75) is 70.9 Å². The van der Waals surface area contributed by atoms with Crippen LogP contribution in [0.1, 0.15) is 59.3 Å². The van der Waals surface area contributed by atoms with E-state index in [1.807, 2.05) is 0 Å². The van der Waals surface area contributed by atoms with Crippen LogP contribution < -0.4 is 5.73 Å². The number of nitrogens with zero attached hydrogens (tertiary/aromatic N) is 1. The van der Waals surface area contributed by atoms with Crippen LogP contribution in [0, 0.1) is 0 Å². The van der Waals surface area contributed by atoms with Crippen LogP contribution in [-0.2, 0) is 0 Å². The molecule has 0 amide bonds. The first-order valence-corrected chi connectivity index (χ1v) is 6.60. The summed E-state index contributed by atoms with van der Waals surface area (Å²) in [5.74, 6) is 0. The Morgan fingerprint density at radius 3 is 2.27 bits per heavy atom. The molecule has 0 atom stereocenters. The standard InChI is InChI=1S/C13H28N2/c1-4-10-15(12(2)3)11-13(14)8-6-5-7-9-13/h12H,4-11,14H2,1-3H3.